The van der Waals surface area contributed by atoms with Gasteiger partial charge in [-0.2, -0.15) is 0 Å². The van der Waals surface area contributed by atoms with E-state index in [-0.39, 0.29) is 21.0 Å². The molecule has 0 atom stereocenters. The van der Waals surface area contributed by atoms with Crippen LogP contribution in [0.1, 0.15) is 27.7 Å². The highest BCUT2D eigenvalue weighted by molar-refractivity contribution is 7.89. The second-order valence-electron chi connectivity index (χ2n) is 5.45. The van der Waals surface area contributed by atoms with Crippen molar-refractivity contribution in [2.75, 3.05) is 6.54 Å². The van der Waals surface area contributed by atoms with E-state index in [1.807, 2.05) is 0 Å². The number of hydrogen-bond donors (Lipinski definition) is 1. The van der Waals surface area contributed by atoms with Crippen LogP contribution in [0.25, 0.3) is 0 Å². The Balaban J connectivity index is 2.87. The van der Waals surface area contributed by atoms with Gasteiger partial charge in [-0.25, -0.2) is 18.1 Å². The Morgan fingerprint density at radius 2 is 1.75 bits per heavy atom. The van der Waals surface area contributed by atoms with E-state index in [2.05, 4.69) is 37.4 Å². The standard InChI is InChI=1S/C13H20Cl2N2O2S/c1-8(2)11(9(3)4)7-17-20(18,19)10-5-12(14)13(15)16-6-10/h5-6,8-9,11,17H,7H2,1-4H3. The lowest BCUT2D eigenvalue weighted by atomic mass is 9.86. The predicted molar refractivity (Wildman–Crippen MR) is 82.6 cm³/mol. The lowest BCUT2D eigenvalue weighted by Crippen LogP contribution is -2.34. The minimum atomic E-state index is -3.62. The number of nitrogens with one attached hydrogen (secondary N) is 1. The molecule has 7 heteroatoms. The maximum absolute atomic E-state index is 12.2. The van der Waals surface area contributed by atoms with Gasteiger partial charge >= 0.3 is 0 Å². The molecule has 0 aromatic carbocycles. The Kier molecular flexibility index (Phi) is 6.25. The third-order valence-electron chi connectivity index (χ3n) is 3.30. The average Bonchev–Trinajstić information content (AvgIpc) is 2.31. The molecule has 4 nitrogen and oxygen atoms in total. The second-order valence-corrected chi connectivity index (χ2v) is 7.98. The fourth-order valence-corrected chi connectivity index (χ4v) is 3.46. The van der Waals surface area contributed by atoms with Crippen LogP contribution in [0, 0.1) is 17.8 Å². The van der Waals surface area contributed by atoms with E-state index in [0.29, 0.717) is 18.4 Å². The van der Waals surface area contributed by atoms with Gasteiger partial charge in [0.15, 0.2) is 0 Å². The van der Waals surface area contributed by atoms with Gasteiger partial charge in [0.25, 0.3) is 0 Å². The Labute approximate surface area is 130 Å². The summed E-state index contributed by atoms with van der Waals surface area (Å²) in [7, 11) is -3.62. The van der Waals surface area contributed by atoms with Crippen molar-refractivity contribution in [2.45, 2.75) is 32.6 Å². The Morgan fingerprint density at radius 3 is 2.20 bits per heavy atom. The second kappa shape index (κ2) is 7.07. The summed E-state index contributed by atoms with van der Waals surface area (Å²) in [4.78, 5) is 3.78. The maximum Gasteiger partial charge on any atom is 0.242 e. The average molecular weight is 339 g/mol. The van der Waals surface area contributed by atoms with Gasteiger partial charge in [-0.15, -0.1) is 0 Å². The molecule has 1 N–H and O–H groups in total. The summed E-state index contributed by atoms with van der Waals surface area (Å²) in [5.74, 6) is 1.05. The van der Waals surface area contributed by atoms with Crippen molar-refractivity contribution in [1.82, 2.24) is 9.71 Å². The van der Waals surface area contributed by atoms with Crippen LogP contribution in [0.5, 0.6) is 0 Å². The fourth-order valence-electron chi connectivity index (χ4n) is 2.08. The largest absolute Gasteiger partial charge is 0.242 e. The van der Waals surface area contributed by atoms with Crippen molar-refractivity contribution in [1.29, 1.82) is 0 Å². The summed E-state index contributed by atoms with van der Waals surface area (Å²) < 4.78 is 27.0. The molecule has 114 valence electrons. The number of hydrogen-bond acceptors (Lipinski definition) is 3. The molecule has 0 radical (unpaired) electrons. The van der Waals surface area contributed by atoms with Crippen LogP contribution in [0.4, 0.5) is 0 Å². The van der Waals surface area contributed by atoms with E-state index in [0.717, 1.165) is 0 Å². The summed E-state index contributed by atoms with van der Waals surface area (Å²) in [6.07, 6.45) is 1.20. The first-order valence-corrected chi connectivity index (χ1v) is 8.69. The molecule has 1 rings (SSSR count). The van der Waals surface area contributed by atoms with Gasteiger partial charge in [-0.05, 0) is 23.8 Å². The van der Waals surface area contributed by atoms with Gasteiger partial charge in [0, 0.05) is 12.7 Å². The summed E-state index contributed by atoms with van der Waals surface area (Å²) in [5, 5.41) is 0.215. The highest BCUT2D eigenvalue weighted by Crippen LogP contribution is 2.23. The lowest BCUT2D eigenvalue weighted by molar-refractivity contribution is 0.289. The first-order valence-electron chi connectivity index (χ1n) is 6.46. The molecule has 0 saturated heterocycles. The Bertz CT molecular complexity index is 551. The molecular weight excluding hydrogens is 319 g/mol. The summed E-state index contributed by atoms with van der Waals surface area (Å²) in [6, 6.07) is 1.30. The topological polar surface area (TPSA) is 59.1 Å². The SMILES string of the molecule is CC(C)C(CNS(=O)(=O)c1cnc(Cl)c(Cl)c1)C(C)C. The molecule has 1 aromatic rings. The molecule has 0 aliphatic rings. The molecule has 0 unspecified atom stereocenters. The smallest absolute Gasteiger partial charge is 0.242 e. The lowest BCUT2D eigenvalue weighted by Gasteiger charge is -2.24. The van der Waals surface area contributed by atoms with Crippen molar-refractivity contribution in [3.63, 3.8) is 0 Å². The minimum Gasteiger partial charge on any atom is -0.242 e. The van der Waals surface area contributed by atoms with Gasteiger partial charge < -0.3 is 0 Å². The fraction of sp³-hybridized carbons (Fsp3) is 0.615. The molecule has 0 saturated carbocycles. The summed E-state index contributed by atoms with van der Waals surface area (Å²) in [6.45, 7) is 8.72. The number of sulfonamides is 1. The Hall–Kier alpha value is -0.360. The minimum absolute atomic E-state index is 0.0261. The van der Waals surface area contributed by atoms with Crippen LogP contribution in [0.3, 0.4) is 0 Å². The van der Waals surface area contributed by atoms with Crippen LogP contribution >= 0.6 is 23.2 Å². The molecule has 0 spiro atoms. The normalized spacial score (nSPS) is 12.7. The zero-order valence-corrected chi connectivity index (χ0v) is 14.4. The number of nitrogens with zero attached hydrogens (tertiary/aromatic N) is 1. The van der Waals surface area contributed by atoms with Crippen LogP contribution < -0.4 is 4.72 Å². The van der Waals surface area contributed by atoms with Crippen molar-refractivity contribution < 1.29 is 8.42 Å². The molecule has 0 fully saturated rings. The van der Waals surface area contributed by atoms with Gasteiger partial charge in [0.05, 0.1) is 5.02 Å². The van der Waals surface area contributed by atoms with Crippen LogP contribution in [-0.2, 0) is 10.0 Å². The molecule has 0 bridgehead atoms. The quantitative estimate of drug-likeness (QED) is 0.806. The zero-order valence-electron chi connectivity index (χ0n) is 12.0. The zero-order chi connectivity index (χ0) is 15.5. The molecule has 1 aromatic heterocycles. The molecule has 20 heavy (non-hydrogen) atoms. The van der Waals surface area contributed by atoms with E-state index >= 15 is 0 Å². The number of pyridine rings is 1. The van der Waals surface area contributed by atoms with E-state index in [1.165, 1.54) is 12.3 Å². The van der Waals surface area contributed by atoms with Crippen LogP contribution in [-0.4, -0.2) is 19.9 Å². The Morgan fingerprint density at radius 1 is 1.20 bits per heavy atom. The van der Waals surface area contributed by atoms with Gasteiger partial charge in [0.1, 0.15) is 10.0 Å². The summed E-state index contributed by atoms with van der Waals surface area (Å²) >= 11 is 11.5. The number of rotatable bonds is 6. The number of aromatic nitrogens is 1. The van der Waals surface area contributed by atoms with Crippen LogP contribution in [0.15, 0.2) is 17.2 Å². The van der Waals surface area contributed by atoms with E-state index in [9.17, 15) is 8.42 Å². The first-order chi connectivity index (χ1) is 9.15. The predicted octanol–water partition coefficient (Wildman–Crippen LogP) is 3.59. The van der Waals surface area contributed by atoms with E-state index in [1.54, 1.807) is 0 Å². The van der Waals surface area contributed by atoms with Crippen molar-refractivity contribution in [2.24, 2.45) is 17.8 Å². The maximum atomic E-state index is 12.2. The van der Waals surface area contributed by atoms with Crippen molar-refractivity contribution in [3.8, 4) is 0 Å². The third-order valence-corrected chi connectivity index (χ3v) is 5.38. The molecule has 0 aliphatic carbocycles. The highest BCUT2D eigenvalue weighted by atomic mass is 35.5. The van der Waals surface area contributed by atoms with E-state index < -0.39 is 10.0 Å². The monoisotopic (exact) mass is 338 g/mol. The van der Waals surface area contributed by atoms with Gasteiger partial charge in [-0.1, -0.05) is 50.9 Å². The first kappa shape index (κ1) is 17.7. The third kappa shape index (κ3) is 4.58. The van der Waals surface area contributed by atoms with Crippen molar-refractivity contribution >= 4 is 33.2 Å². The van der Waals surface area contributed by atoms with Crippen molar-refractivity contribution in [3.05, 3.63) is 22.4 Å². The van der Waals surface area contributed by atoms with Gasteiger partial charge in [-0.3, -0.25) is 0 Å². The molecular formula is C13H20Cl2N2O2S. The molecule has 0 amide bonds. The molecule has 0 aliphatic heterocycles. The van der Waals surface area contributed by atoms with E-state index in [4.69, 9.17) is 23.2 Å². The highest BCUT2D eigenvalue weighted by Gasteiger charge is 2.22. The number of halogens is 2. The summed E-state index contributed by atoms with van der Waals surface area (Å²) in [5.41, 5.74) is 0. The van der Waals surface area contributed by atoms with Crippen LogP contribution in [0.2, 0.25) is 10.2 Å². The van der Waals surface area contributed by atoms with Gasteiger partial charge in [0.2, 0.25) is 10.0 Å². The molecule has 1 heterocycles.